The van der Waals surface area contributed by atoms with Crippen molar-refractivity contribution in [2.24, 2.45) is 0 Å². The molecule has 0 aliphatic rings. The molecule has 0 unspecified atom stereocenters. The van der Waals surface area contributed by atoms with Crippen LogP contribution in [0.3, 0.4) is 0 Å². The molecule has 0 amide bonds. The lowest BCUT2D eigenvalue weighted by Crippen LogP contribution is -2.68. The molecule has 2 rings (SSSR count). The number of hydrogen-bond donors (Lipinski definition) is 0. The summed E-state index contributed by atoms with van der Waals surface area (Å²) in [6, 6.07) is 4.30. The molecule has 0 aliphatic carbocycles. The van der Waals surface area contributed by atoms with E-state index in [2.05, 4.69) is 54.3 Å². The topological polar surface area (TPSA) is 101 Å². The Morgan fingerprint density at radius 3 is 2.12 bits per heavy atom. The Balaban J connectivity index is 0.000000249. The van der Waals surface area contributed by atoms with Crippen LogP contribution in [0.25, 0.3) is 0 Å². The maximum atomic E-state index is 8.49. The van der Waals surface area contributed by atoms with Crippen LogP contribution in [-0.4, -0.2) is 4.52 Å². The first-order valence-electron chi connectivity index (χ1n) is 4.77. The van der Waals surface area contributed by atoms with Crippen molar-refractivity contribution in [1.29, 1.82) is 0 Å². The second-order valence-electron chi connectivity index (χ2n) is 3.69. The van der Waals surface area contributed by atoms with Gasteiger partial charge >= 0.3 is 0 Å². The molecule has 0 radical (unpaired) electrons. The molecular formula is C10H13ClN2O4. The number of hydrogen-bond acceptors (Lipinski definition) is 4. The molecule has 0 N–H and O–H groups in total. The van der Waals surface area contributed by atoms with Crippen molar-refractivity contribution < 1.29 is 33.4 Å². The van der Waals surface area contributed by atoms with Crippen LogP contribution in [-0.2, 0) is 0 Å². The minimum atomic E-state index is -4.94. The van der Waals surface area contributed by atoms with Crippen LogP contribution in [0.4, 0.5) is 0 Å². The van der Waals surface area contributed by atoms with E-state index in [1.165, 1.54) is 17.0 Å². The van der Waals surface area contributed by atoms with Crippen LogP contribution in [0.5, 0.6) is 0 Å². The largest absolute Gasteiger partial charge is 0.222 e. The molecule has 0 fully saturated rings. The van der Waals surface area contributed by atoms with E-state index >= 15 is 0 Å². The maximum Gasteiger partial charge on any atom is 0.203 e. The molecule has 0 spiro atoms. The van der Waals surface area contributed by atoms with Gasteiger partial charge in [0.05, 0.1) is 11.4 Å². The van der Waals surface area contributed by atoms with Crippen molar-refractivity contribution in [1.82, 2.24) is 4.52 Å². The number of nitrogens with zero attached hydrogens (tertiary/aromatic N) is 2. The third kappa shape index (κ3) is 4.29. The fraction of sp³-hybridized carbons (Fsp3) is 0.300. The summed E-state index contributed by atoms with van der Waals surface area (Å²) in [7, 11) is -4.94. The third-order valence-corrected chi connectivity index (χ3v) is 2.14. The summed E-state index contributed by atoms with van der Waals surface area (Å²) >= 11 is 0. The number of fused-ring (bicyclic) bond motifs is 1. The van der Waals surface area contributed by atoms with E-state index in [1.54, 1.807) is 0 Å². The summed E-state index contributed by atoms with van der Waals surface area (Å²) in [5.41, 5.74) is 3.84. The van der Waals surface area contributed by atoms with Crippen molar-refractivity contribution in [3.63, 3.8) is 0 Å². The Hall–Kier alpha value is -1.18. The lowest BCUT2D eigenvalue weighted by Gasteiger charge is -2.17. The quantitative estimate of drug-likeness (QED) is 0.463. The van der Waals surface area contributed by atoms with Gasteiger partial charge in [-0.15, -0.1) is 14.8 Å². The van der Waals surface area contributed by atoms with Crippen LogP contribution < -0.4 is 23.2 Å². The number of rotatable bonds is 0. The number of aromatic nitrogens is 2. The van der Waals surface area contributed by atoms with Gasteiger partial charge in [-0.05, 0) is 26.8 Å². The second kappa shape index (κ2) is 4.99. The minimum Gasteiger partial charge on any atom is -0.222 e. The zero-order valence-electron chi connectivity index (χ0n) is 9.71. The molecule has 17 heavy (non-hydrogen) atoms. The molecule has 0 bridgehead atoms. The Morgan fingerprint density at radius 1 is 1.06 bits per heavy atom. The molecule has 2 heterocycles. The Kier molecular flexibility index (Phi) is 4.07. The summed E-state index contributed by atoms with van der Waals surface area (Å²) < 4.78 is 38.3. The van der Waals surface area contributed by atoms with E-state index in [0.29, 0.717) is 0 Å². The SMILES string of the molecule is Cc1cc(C)n2c(C)cc[n+]2c1.[O-][Cl+3]([O-])([O-])[O-]. The minimum absolute atomic E-state index is 1.27. The monoisotopic (exact) mass is 260 g/mol. The van der Waals surface area contributed by atoms with Crippen LogP contribution >= 0.6 is 0 Å². The highest BCUT2D eigenvalue weighted by molar-refractivity contribution is 5.11. The highest BCUT2D eigenvalue weighted by atomic mass is 35.7. The Labute approximate surface area is 101 Å². The molecule has 0 atom stereocenters. The van der Waals surface area contributed by atoms with E-state index in [9.17, 15) is 0 Å². The second-order valence-corrected chi connectivity index (χ2v) is 4.44. The fourth-order valence-electron chi connectivity index (χ4n) is 1.70. The molecule has 0 aliphatic heterocycles. The van der Waals surface area contributed by atoms with Gasteiger partial charge in [0, 0.05) is 11.6 Å². The van der Waals surface area contributed by atoms with Crippen molar-refractivity contribution in [2.75, 3.05) is 0 Å². The van der Waals surface area contributed by atoms with Crippen molar-refractivity contribution in [3.05, 3.63) is 41.5 Å². The maximum absolute atomic E-state index is 8.49. The molecule has 0 saturated carbocycles. The molecular weight excluding hydrogens is 248 g/mol. The molecule has 2 aromatic heterocycles. The first-order valence-corrected chi connectivity index (χ1v) is 6.00. The normalized spacial score (nSPS) is 11.2. The van der Waals surface area contributed by atoms with E-state index < -0.39 is 10.2 Å². The smallest absolute Gasteiger partial charge is 0.203 e. The Bertz CT molecular complexity index is 513. The predicted molar refractivity (Wildman–Crippen MR) is 47.3 cm³/mol. The van der Waals surface area contributed by atoms with Crippen molar-refractivity contribution in [2.45, 2.75) is 20.8 Å². The summed E-state index contributed by atoms with van der Waals surface area (Å²) in [6.45, 7) is 6.35. The van der Waals surface area contributed by atoms with E-state index in [1.807, 2.05) is 0 Å². The van der Waals surface area contributed by atoms with Crippen LogP contribution in [0.2, 0.25) is 0 Å². The average molecular weight is 261 g/mol. The first-order chi connectivity index (χ1) is 7.68. The number of halogens is 1. The van der Waals surface area contributed by atoms with Crippen LogP contribution in [0, 0.1) is 31.0 Å². The standard InChI is InChI=1S/C10H13N2.ClHO4/c1-8-6-10(3)12-9(2)4-5-11(12)7-8;2-1(3,4)5/h4-7H,1-3H3;(H,2,3,4,5)/q+1;/p-1. The van der Waals surface area contributed by atoms with Crippen molar-refractivity contribution in [3.8, 4) is 0 Å². The molecule has 0 aromatic carbocycles. The van der Waals surface area contributed by atoms with Gasteiger partial charge in [0.2, 0.25) is 12.4 Å². The van der Waals surface area contributed by atoms with Gasteiger partial charge in [0.25, 0.3) is 0 Å². The zero-order valence-corrected chi connectivity index (χ0v) is 10.5. The van der Waals surface area contributed by atoms with Gasteiger partial charge in [-0.25, -0.2) is 18.6 Å². The van der Waals surface area contributed by atoms with Crippen molar-refractivity contribution >= 4 is 0 Å². The van der Waals surface area contributed by atoms with E-state index in [0.717, 1.165) is 0 Å². The van der Waals surface area contributed by atoms with Gasteiger partial charge in [0.15, 0.2) is 0 Å². The van der Waals surface area contributed by atoms with Crippen LogP contribution in [0.1, 0.15) is 17.0 Å². The van der Waals surface area contributed by atoms with Gasteiger partial charge in [0.1, 0.15) is 0 Å². The van der Waals surface area contributed by atoms with E-state index in [4.69, 9.17) is 18.6 Å². The van der Waals surface area contributed by atoms with E-state index in [-0.39, 0.29) is 0 Å². The average Bonchev–Trinajstić information content (AvgIpc) is 2.43. The highest BCUT2D eigenvalue weighted by Crippen LogP contribution is 2.01. The zero-order chi connectivity index (χ0) is 13.2. The summed E-state index contributed by atoms with van der Waals surface area (Å²) in [5.74, 6) is 0. The van der Waals surface area contributed by atoms with Gasteiger partial charge in [-0.2, -0.15) is 0 Å². The molecule has 94 valence electrons. The molecule has 0 saturated heterocycles. The molecule has 7 heteroatoms. The summed E-state index contributed by atoms with van der Waals surface area (Å²) in [4.78, 5) is 0. The Morgan fingerprint density at radius 2 is 1.59 bits per heavy atom. The fourth-order valence-corrected chi connectivity index (χ4v) is 1.70. The highest BCUT2D eigenvalue weighted by Gasteiger charge is 2.07. The lowest BCUT2D eigenvalue weighted by molar-refractivity contribution is -2.00. The van der Waals surface area contributed by atoms with Gasteiger partial charge in [-0.1, -0.05) is 4.52 Å². The summed E-state index contributed by atoms with van der Waals surface area (Å²) in [5, 5.41) is 0. The van der Waals surface area contributed by atoms with Crippen LogP contribution in [0.15, 0.2) is 24.5 Å². The predicted octanol–water partition coefficient (Wildman–Crippen LogP) is -3.31. The molecule has 6 nitrogen and oxygen atoms in total. The number of aryl methyl sites for hydroxylation is 3. The molecule has 2 aromatic rings. The summed E-state index contributed by atoms with van der Waals surface area (Å²) in [6.07, 6.45) is 4.20. The van der Waals surface area contributed by atoms with Gasteiger partial charge in [-0.3, -0.25) is 0 Å². The van der Waals surface area contributed by atoms with Gasteiger partial charge < -0.3 is 0 Å². The third-order valence-electron chi connectivity index (χ3n) is 2.14. The first kappa shape index (κ1) is 13.9. The lowest BCUT2D eigenvalue weighted by atomic mass is 10.3.